The SMILES string of the molecule is O=C(NN=Cc1ccccc1OCc1ccc(Cl)cc1)C(=O)Nc1ccccc1Cl. The zero-order valence-electron chi connectivity index (χ0n) is 15.6. The summed E-state index contributed by atoms with van der Waals surface area (Å²) in [5.74, 6) is -1.23. The molecule has 30 heavy (non-hydrogen) atoms. The second kappa shape index (κ2) is 10.4. The molecule has 3 aromatic carbocycles. The Labute approximate surface area is 183 Å². The zero-order valence-corrected chi connectivity index (χ0v) is 17.2. The molecular weight excluding hydrogens is 425 g/mol. The molecule has 0 bridgehead atoms. The van der Waals surface area contributed by atoms with Crippen LogP contribution in [-0.4, -0.2) is 18.0 Å². The predicted molar refractivity (Wildman–Crippen MR) is 118 cm³/mol. The van der Waals surface area contributed by atoms with E-state index in [0.717, 1.165) is 5.56 Å². The minimum absolute atomic E-state index is 0.328. The lowest BCUT2D eigenvalue weighted by Crippen LogP contribution is -2.32. The molecule has 0 aliphatic rings. The van der Waals surface area contributed by atoms with Gasteiger partial charge in [0.1, 0.15) is 12.4 Å². The summed E-state index contributed by atoms with van der Waals surface area (Å²) in [7, 11) is 0. The maximum absolute atomic E-state index is 12.0. The van der Waals surface area contributed by atoms with Crippen LogP contribution < -0.4 is 15.5 Å². The standard InChI is InChI=1S/C22H17Cl2N3O3/c23-17-11-9-15(10-12-17)14-30-20-8-4-1-5-16(20)13-25-27-22(29)21(28)26-19-7-3-2-6-18(19)24/h1-13H,14H2,(H,26,28)(H,27,29). The molecule has 3 rings (SSSR count). The summed E-state index contributed by atoms with van der Waals surface area (Å²) < 4.78 is 5.82. The van der Waals surface area contributed by atoms with Gasteiger partial charge in [0.25, 0.3) is 0 Å². The third-order valence-corrected chi connectivity index (χ3v) is 4.51. The summed E-state index contributed by atoms with van der Waals surface area (Å²) in [6.45, 7) is 0.342. The van der Waals surface area contributed by atoms with E-state index in [-0.39, 0.29) is 0 Å². The molecule has 0 fully saturated rings. The Morgan fingerprint density at radius 1 is 0.900 bits per heavy atom. The summed E-state index contributed by atoms with van der Waals surface area (Å²) in [6, 6.07) is 21.1. The number of amides is 2. The molecule has 6 nitrogen and oxygen atoms in total. The molecule has 2 amide bonds. The number of rotatable bonds is 6. The van der Waals surface area contributed by atoms with Gasteiger partial charge in [-0.25, -0.2) is 5.43 Å². The summed E-state index contributed by atoms with van der Waals surface area (Å²) in [5.41, 5.74) is 4.11. The number of carbonyl (C=O) groups excluding carboxylic acids is 2. The van der Waals surface area contributed by atoms with E-state index in [1.807, 2.05) is 24.3 Å². The van der Waals surface area contributed by atoms with Crippen LogP contribution in [0.1, 0.15) is 11.1 Å². The van der Waals surface area contributed by atoms with E-state index in [9.17, 15) is 9.59 Å². The minimum atomic E-state index is -0.925. The van der Waals surface area contributed by atoms with Gasteiger partial charge in [-0.1, -0.05) is 59.6 Å². The third kappa shape index (κ3) is 6.07. The molecule has 0 saturated carbocycles. The van der Waals surface area contributed by atoms with Crippen molar-refractivity contribution in [2.45, 2.75) is 6.61 Å². The van der Waals surface area contributed by atoms with Crippen molar-refractivity contribution in [1.82, 2.24) is 5.43 Å². The molecule has 0 spiro atoms. The molecule has 0 atom stereocenters. The molecule has 0 unspecified atom stereocenters. The second-order valence-corrected chi connectivity index (χ2v) is 6.93. The van der Waals surface area contributed by atoms with E-state index in [4.69, 9.17) is 27.9 Å². The van der Waals surface area contributed by atoms with Crippen molar-refractivity contribution in [2.75, 3.05) is 5.32 Å². The largest absolute Gasteiger partial charge is 0.488 e. The maximum atomic E-state index is 12.0. The number of nitrogens with zero attached hydrogens (tertiary/aromatic N) is 1. The molecule has 2 N–H and O–H groups in total. The van der Waals surface area contributed by atoms with Crippen LogP contribution in [0.2, 0.25) is 10.0 Å². The van der Waals surface area contributed by atoms with Crippen LogP contribution in [0.5, 0.6) is 5.75 Å². The lowest BCUT2D eigenvalue weighted by molar-refractivity contribution is -0.136. The van der Waals surface area contributed by atoms with Crippen molar-refractivity contribution in [1.29, 1.82) is 0 Å². The average Bonchev–Trinajstić information content (AvgIpc) is 2.75. The van der Waals surface area contributed by atoms with Crippen LogP contribution in [0.15, 0.2) is 77.9 Å². The first-order chi connectivity index (χ1) is 14.5. The molecule has 0 aliphatic carbocycles. The highest BCUT2D eigenvalue weighted by Crippen LogP contribution is 2.20. The number of carbonyl (C=O) groups is 2. The van der Waals surface area contributed by atoms with Crippen molar-refractivity contribution < 1.29 is 14.3 Å². The summed E-state index contributed by atoms with van der Waals surface area (Å²) >= 11 is 11.8. The van der Waals surface area contributed by atoms with Gasteiger partial charge in [0, 0.05) is 10.6 Å². The van der Waals surface area contributed by atoms with Gasteiger partial charge < -0.3 is 10.1 Å². The third-order valence-electron chi connectivity index (χ3n) is 3.92. The molecule has 3 aromatic rings. The number of ether oxygens (including phenoxy) is 1. The van der Waals surface area contributed by atoms with Crippen molar-refractivity contribution in [3.63, 3.8) is 0 Å². The predicted octanol–water partition coefficient (Wildman–Crippen LogP) is 4.66. The van der Waals surface area contributed by atoms with Crippen LogP contribution in [0.3, 0.4) is 0 Å². The van der Waals surface area contributed by atoms with Crippen LogP contribution in [0, 0.1) is 0 Å². The molecule has 0 radical (unpaired) electrons. The van der Waals surface area contributed by atoms with E-state index >= 15 is 0 Å². The number of nitrogens with one attached hydrogen (secondary N) is 2. The Morgan fingerprint density at radius 3 is 2.37 bits per heavy atom. The maximum Gasteiger partial charge on any atom is 0.329 e. The lowest BCUT2D eigenvalue weighted by Gasteiger charge is -2.09. The van der Waals surface area contributed by atoms with Gasteiger partial charge in [-0.15, -0.1) is 0 Å². The van der Waals surface area contributed by atoms with Crippen molar-refractivity contribution in [2.24, 2.45) is 5.10 Å². The molecule has 0 heterocycles. The lowest BCUT2D eigenvalue weighted by atomic mass is 10.2. The Bertz CT molecular complexity index is 1070. The van der Waals surface area contributed by atoms with E-state index in [1.54, 1.807) is 48.5 Å². The Kier molecular flexibility index (Phi) is 7.43. The molecular formula is C22H17Cl2N3O3. The number of benzene rings is 3. The number of anilines is 1. The second-order valence-electron chi connectivity index (χ2n) is 6.09. The van der Waals surface area contributed by atoms with Gasteiger partial charge in [-0.3, -0.25) is 9.59 Å². The van der Waals surface area contributed by atoms with Crippen molar-refractivity contribution in [3.8, 4) is 5.75 Å². The minimum Gasteiger partial charge on any atom is -0.488 e. The fraction of sp³-hybridized carbons (Fsp3) is 0.0455. The normalized spacial score (nSPS) is 10.6. The summed E-state index contributed by atoms with van der Waals surface area (Å²) in [5, 5.41) is 7.24. The van der Waals surface area contributed by atoms with Crippen LogP contribution in [0.4, 0.5) is 5.69 Å². The number of hydrazone groups is 1. The quantitative estimate of drug-likeness (QED) is 0.331. The smallest absolute Gasteiger partial charge is 0.329 e. The first-order valence-corrected chi connectivity index (χ1v) is 9.64. The molecule has 0 saturated heterocycles. The molecule has 152 valence electrons. The Hall–Kier alpha value is -3.35. The van der Waals surface area contributed by atoms with Crippen molar-refractivity contribution >= 4 is 46.9 Å². The van der Waals surface area contributed by atoms with Crippen LogP contribution in [-0.2, 0) is 16.2 Å². The first-order valence-electron chi connectivity index (χ1n) is 8.88. The number of hydrogen-bond donors (Lipinski definition) is 2. The van der Waals surface area contributed by atoms with Gasteiger partial charge >= 0.3 is 11.8 Å². The fourth-order valence-corrected chi connectivity index (χ4v) is 2.72. The monoisotopic (exact) mass is 441 g/mol. The number of hydrogen-bond acceptors (Lipinski definition) is 4. The van der Waals surface area contributed by atoms with Crippen LogP contribution in [0.25, 0.3) is 0 Å². The number of halogens is 2. The Balaban J connectivity index is 1.58. The van der Waals surface area contributed by atoms with E-state index < -0.39 is 11.8 Å². The molecule has 8 heteroatoms. The van der Waals surface area contributed by atoms with Crippen LogP contribution >= 0.6 is 23.2 Å². The van der Waals surface area contributed by atoms with E-state index in [1.165, 1.54) is 6.21 Å². The van der Waals surface area contributed by atoms with Gasteiger partial charge in [0.2, 0.25) is 0 Å². The first kappa shape index (κ1) is 21.4. The highest BCUT2D eigenvalue weighted by molar-refractivity contribution is 6.41. The van der Waals surface area contributed by atoms with E-state index in [2.05, 4.69) is 15.8 Å². The van der Waals surface area contributed by atoms with Gasteiger partial charge in [0.05, 0.1) is 16.9 Å². The van der Waals surface area contributed by atoms with Gasteiger partial charge in [-0.2, -0.15) is 5.10 Å². The average molecular weight is 442 g/mol. The van der Waals surface area contributed by atoms with Gasteiger partial charge in [0.15, 0.2) is 0 Å². The number of para-hydroxylation sites is 2. The zero-order chi connectivity index (χ0) is 21.3. The highest BCUT2D eigenvalue weighted by Gasteiger charge is 2.14. The summed E-state index contributed by atoms with van der Waals surface area (Å²) in [4.78, 5) is 23.9. The molecule has 0 aliphatic heterocycles. The van der Waals surface area contributed by atoms with Crippen molar-refractivity contribution in [3.05, 3.63) is 94.0 Å². The topological polar surface area (TPSA) is 79.8 Å². The van der Waals surface area contributed by atoms with E-state index in [0.29, 0.717) is 33.7 Å². The summed E-state index contributed by atoms with van der Waals surface area (Å²) in [6.07, 6.45) is 1.40. The Morgan fingerprint density at radius 2 is 1.60 bits per heavy atom. The highest BCUT2D eigenvalue weighted by atomic mass is 35.5. The fourth-order valence-electron chi connectivity index (χ4n) is 2.41. The molecule has 0 aromatic heterocycles. The van der Waals surface area contributed by atoms with Gasteiger partial charge in [-0.05, 0) is 42.0 Å².